The van der Waals surface area contributed by atoms with Gasteiger partial charge >= 0.3 is 0 Å². The quantitative estimate of drug-likeness (QED) is 0.669. The number of nitrogens with two attached hydrogens (primary N) is 1. The number of amides is 1. The van der Waals surface area contributed by atoms with Gasteiger partial charge in [-0.25, -0.2) is 0 Å². The lowest BCUT2D eigenvalue weighted by atomic mass is 10.0. The lowest BCUT2D eigenvalue weighted by molar-refractivity contribution is -0.117. The zero-order chi connectivity index (χ0) is 16.1. The Hall–Kier alpha value is -1.08. The number of rotatable bonds is 5. The second kappa shape index (κ2) is 7.97. The maximum Gasteiger partial charge on any atom is 0.254 e. The number of hydrogen-bond acceptors (Lipinski definition) is 5. The maximum absolute atomic E-state index is 12.3. The highest BCUT2D eigenvalue weighted by Crippen LogP contribution is 2.26. The number of nitrogens with one attached hydrogen (secondary N) is 2. The van der Waals surface area contributed by atoms with Crippen LogP contribution in [0.3, 0.4) is 0 Å². The number of carbonyl (C=O) groups excluding carboxylic acids is 1. The van der Waals surface area contributed by atoms with Crippen molar-refractivity contribution in [2.75, 3.05) is 40.3 Å². The first-order valence-electron chi connectivity index (χ1n) is 7.61. The van der Waals surface area contributed by atoms with Crippen LogP contribution in [0.5, 0.6) is 0 Å². The van der Waals surface area contributed by atoms with Crippen LogP contribution in [0.4, 0.5) is 0 Å². The SMILES string of the molecule is COC1=C(C(=O)NCCC2CN(C)CCN2)C=C(Cl)C(N)C1. The van der Waals surface area contributed by atoms with Crippen molar-refractivity contribution in [2.45, 2.75) is 24.9 Å². The van der Waals surface area contributed by atoms with Crippen LogP contribution in [-0.4, -0.2) is 63.2 Å². The predicted octanol–water partition coefficient (Wildman–Crippen LogP) is 0.151. The van der Waals surface area contributed by atoms with Crippen molar-refractivity contribution in [1.82, 2.24) is 15.5 Å². The molecule has 1 saturated heterocycles. The van der Waals surface area contributed by atoms with Crippen LogP contribution >= 0.6 is 11.6 Å². The summed E-state index contributed by atoms with van der Waals surface area (Å²) in [4.78, 5) is 14.6. The van der Waals surface area contributed by atoms with E-state index in [1.165, 1.54) is 0 Å². The Morgan fingerprint density at radius 1 is 1.64 bits per heavy atom. The molecule has 7 heteroatoms. The number of piperazine rings is 1. The molecule has 1 heterocycles. The minimum Gasteiger partial charge on any atom is -0.500 e. The fraction of sp³-hybridized carbons (Fsp3) is 0.667. The van der Waals surface area contributed by atoms with Gasteiger partial charge in [-0.1, -0.05) is 11.6 Å². The molecule has 2 aliphatic rings. The van der Waals surface area contributed by atoms with Gasteiger partial charge in [0.05, 0.1) is 12.7 Å². The van der Waals surface area contributed by atoms with Gasteiger partial charge in [-0.2, -0.15) is 0 Å². The number of methoxy groups -OCH3 is 1. The third-order valence-electron chi connectivity index (χ3n) is 4.07. The highest BCUT2D eigenvalue weighted by Gasteiger charge is 2.24. The van der Waals surface area contributed by atoms with Gasteiger partial charge in [0.25, 0.3) is 5.91 Å². The van der Waals surface area contributed by atoms with Gasteiger partial charge in [0.15, 0.2) is 0 Å². The Bertz CT molecular complexity index is 478. The third kappa shape index (κ3) is 4.46. The van der Waals surface area contributed by atoms with Crippen LogP contribution in [-0.2, 0) is 9.53 Å². The van der Waals surface area contributed by atoms with Crippen molar-refractivity contribution in [3.63, 3.8) is 0 Å². The Balaban J connectivity index is 1.86. The summed E-state index contributed by atoms with van der Waals surface area (Å²) in [5.74, 6) is 0.427. The molecule has 0 radical (unpaired) electrons. The standard InChI is InChI=1S/C15H25ClN4O2/c1-20-6-5-18-10(9-20)3-4-19-15(21)11-7-12(16)13(17)8-14(11)22-2/h7,10,13,18H,3-6,8-9,17H2,1-2H3,(H,19,21). The minimum absolute atomic E-state index is 0.161. The molecule has 1 aliphatic carbocycles. The fourth-order valence-corrected chi connectivity index (χ4v) is 2.94. The average Bonchev–Trinajstić information content (AvgIpc) is 2.49. The molecule has 0 bridgehead atoms. The fourth-order valence-electron chi connectivity index (χ4n) is 2.76. The molecule has 1 aliphatic heterocycles. The van der Waals surface area contributed by atoms with Gasteiger partial charge in [0, 0.05) is 49.7 Å². The van der Waals surface area contributed by atoms with E-state index in [1.54, 1.807) is 13.2 Å². The minimum atomic E-state index is -0.296. The number of likely N-dealkylation sites (N-methyl/N-ethyl adjacent to an activating group) is 1. The average molecular weight is 329 g/mol. The molecule has 1 amide bonds. The normalized spacial score (nSPS) is 26.6. The molecule has 4 N–H and O–H groups in total. The lowest BCUT2D eigenvalue weighted by Crippen LogP contribution is -2.50. The van der Waals surface area contributed by atoms with Gasteiger partial charge < -0.3 is 26.0 Å². The second-order valence-corrected chi connectivity index (χ2v) is 6.28. The first-order chi connectivity index (χ1) is 10.5. The number of carbonyl (C=O) groups is 1. The number of hydrogen-bond donors (Lipinski definition) is 3. The topological polar surface area (TPSA) is 79.6 Å². The molecule has 1 fully saturated rings. The number of nitrogens with zero attached hydrogens (tertiary/aromatic N) is 1. The molecule has 0 spiro atoms. The Kier molecular flexibility index (Phi) is 6.26. The smallest absolute Gasteiger partial charge is 0.254 e. The van der Waals surface area contributed by atoms with E-state index in [4.69, 9.17) is 22.1 Å². The zero-order valence-electron chi connectivity index (χ0n) is 13.2. The molecule has 124 valence electrons. The molecule has 2 atom stereocenters. The van der Waals surface area contributed by atoms with Crippen LogP contribution in [0.2, 0.25) is 0 Å². The molecule has 2 rings (SSSR count). The molecule has 0 aromatic rings. The molecule has 0 aromatic carbocycles. The first-order valence-corrected chi connectivity index (χ1v) is 7.99. The summed E-state index contributed by atoms with van der Waals surface area (Å²) in [5.41, 5.74) is 6.33. The van der Waals surface area contributed by atoms with Crippen molar-refractivity contribution in [3.8, 4) is 0 Å². The summed E-state index contributed by atoms with van der Waals surface area (Å²) >= 11 is 6.05. The Labute approximate surface area is 136 Å². The third-order valence-corrected chi connectivity index (χ3v) is 4.46. The predicted molar refractivity (Wildman–Crippen MR) is 87.5 cm³/mol. The summed E-state index contributed by atoms with van der Waals surface area (Å²) in [6.45, 7) is 3.67. The van der Waals surface area contributed by atoms with Crippen LogP contribution in [0.15, 0.2) is 22.4 Å². The Morgan fingerprint density at radius 2 is 2.41 bits per heavy atom. The molecular weight excluding hydrogens is 304 g/mol. The van der Waals surface area contributed by atoms with E-state index in [1.807, 2.05) is 0 Å². The second-order valence-electron chi connectivity index (χ2n) is 5.84. The molecule has 0 saturated carbocycles. The van der Waals surface area contributed by atoms with Gasteiger partial charge in [-0.15, -0.1) is 0 Å². The van der Waals surface area contributed by atoms with Gasteiger partial charge in [0.1, 0.15) is 5.76 Å². The number of ether oxygens (including phenoxy) is 1. The van der Waals surface area contributed by atoms with E-state index in [-0.39, 0.29) is 11.9 Å². The molecule has 0 aromatic heterocycles. The van der Waals surface area contributed by atoms with E-state index >= 15 is 0 Å². The molecule has 22 heavy (non-hydrogen) atoms. The Morgan fingerprint density at radius 3 is 3.09 bits per heavy atom. The number of halogens is 1. The van der Waals surface area contributed by atoms with Crippen molar-refractivity contribution < 1.29 is 9.53 Å². The highest BCUT2D eigenvalue weighted by atomic mass is 35.5. The largest absolute Gasteiger partial charge is 0.500 e. The van der Waals surface area contributed by atoms with Crippen LogP contribution < -0.4 is 16.4 Å². The summed E-state index contributed by atoms with van der Waals surface area (Å²) in [6.07, 6.45) is 2.95. The lowest BCUT2D eigenvalue weighted by Gasteiger charge is -2.31. The van der Waals surface area contributed by atoms with Crippen LogP contribution in [0, 0.1) is 0 Å². The monoisotopic (exact) mass is 328 g/mol. The van der Waals surface area contributed by atoms with E-state index in [0.29, 0.717) is 35.4 Å². The van der Waals surface area contributed by atoms with Crippen LogP contribution in [0.1, 0.15) is 12.8 Å². The summed E-state index contributed by atoms with van der Waals surface area (Å²) < 4.78 is 5.27. The maximum atomic E-state index is 12.3. The summed E-state index contributed by atoms with van der Waals surface area (Å²) in [7, 11) is 3.66. The summed E-state index contributed by atoms with van der Waals surface area (Å²) in [6, 6.07) is 0.115. The van der Waals surface area contributed by atoms with Crippen molar-refractivity contribution in [3.05, 3.63) is 22.4 Å². The van der Waals surface area contributed by atoms with E-state index in [0.717, 1.165) is 26.1 Å². The highest BCUT2D eigenvalue weighted by molar-refractivity contribution is 6.31. The first kappa shape index (κ1) is 17.3. The molecule has 6 nitrogen and oxygen atoms in total. The van der Waals surface area contributed by atoms with E-state index < -0.39 is 0 Å². The van der Waals surface area contributed by atoms with E-state index in [9.17, 15) is 4.79 Å². The van der Waals surface area contributed by atoms with Gasteiger partial charge in [0.2, 0.25) is 0 Å². The molecule has 2 unspecified atom stereocenters. The van der Waals surface area contributed by atoms with E-state index in [2.05, 4.69) is 22.6 Å². The van der Waals surface area contributed by atoms with Gasteiger partial charge in [-0.3, -0.25) is 4.79 Å². The summed E-state index contributed by atoms with van der Waals surface area (Å²) in [5, 5.41) is 6.88. The van der Waals surface area contributed by atoms with Crippen molar-refractivity contribution in [1.29, 1.82) is 0 Å². The molecular formula is C15H25ClN4O2. The van der Waals surface area contributed by atoms with Crippen molar-refractivity contribution in [2.24, 2.45) is 5.73 Å². The van der Waals surface area contributed by atoms with Gasteiger partial charge in [-0.05, 0) is 19.5 Å². The van der Waals surface area contributed by atoms with Crippen molar-refractivity contribution >= 4 is 17.5 Å². The zero-order valence-corrected chi connectivity index (χ0v) is 13.9. The van der Waals surface area contributed by atoms with Crippen LogP contribution in [0.25, 0.3) is 0 Å².